The van der Waals surface area contributed by atoms with Crippen molar-refractivity contribution in [2.24, 2.45) is 11.8 Å². The summed E-state index contributed by atoms with van der Waals surface area (Å²) in [4.78, 5) is 14.6. The number of carbonyl (C=O) groups is 1. The summed E-state index contributed by atoms with van der Waals surface area (Å²) in [7, 11) is 0. The molecule has 4 nitrogen and oxygen atoms in total. The molecule has 11 heteroatoms. The number of carbonyl (C=O) groups excluding carboxylic acids is 1. The number of hydrogen-bond donors (Lipinski definition) is 1. The Balaban J connectivity index is 1.48. The number of nitrogens with zero attached hydrogens (tertiary/aromatic N) is 1. The summed E-state index contributed by atoms with van der Waals surface area (Å²) < 4.78 is 101. The van der Waals surface area contributed by atoms with Crippen molar-refractivity contribution in [1.29, 1.82) is 0 Å². The fraction of sp³-hybridized carbons (Fsp3) is 0.387. The van der Waals surface area contributed by atoms with Crippen molar-refractivity contribution in [3.63, 3.8) is 0 Å². The molecule has 2 aliphatic rings. The number of hydrogen-bond acceptors (Lipinski definition) is 3. The SMILES string of the molecule is C[C@@H](O[C@H]1CC[C@@H]2CN(C(=O)c3ccccc3)C(O)[C@H]2[C@@H]1c1ccc(F)cc1)c1cc(C(F)(F)F)cc(C(F)(F)F)c1. The van der Waals surface area contributed by atoms with Crippen LogP contribution < -0.4 is 0 Å². The van der Waals surface area contributed by atoms with E-state index in [9.17, 15) is 40.6 Å². The molecule has 0 aromatic heterocycles. The van der Waals surface area contributed by atoms with Crippen molar-refractivity contribution in [1.82, 2.24) is 4.90 Å². The van der Waals surface area contributed by atoms with Crippen LogP contribution in [0.2, 0.25) is 0 Å². The molecule has 1 N–H and O–H groups in total. The van der Waals surface area contributed by atoms with Gasteiger partial charge >= 0.3 is 12.4 Å². The number of fused-ring (bicyclic) bond motifs is 1. The highest BCUT2D eigenvalue weighted by Gasteiger charge is 2.52. The number of alkyl halides is 6. The molecular weight excluding hydrogens is 567 g/mol. The van der Waals surface area contributed by atoms with Crippen molar-refractivity contribution in [3.8, 4) is 0 Å². The number of ether oxygens (including phenoxy) is 1. The Morgan fingerprint density at radius 1 is 0.905 bits per heavy atom. The number of aliphatic hydroxyl groups is 1. The third-order valence-electron chi connectivity index (χ3n) is 8.27. The summed E-state index contributed by atoms with van der Waals surface area (Å²) in [6.07, 6.45) is -12.3. The van der Waals surface area contributed by atoms with E-state index in [1.54, 1.807) is 30.3 Å². The molecule has 1 amide bonds. The minimum absolute atomic E-state index is 0.0654. The molecule has 0 spiro atoms. The number of rotatable bonds is 5. The van der Waals surface area contributed by atoms with E-state index in [1.165, 1.54) is 36.1 Å². The maximum absolute atomic E-state index is 13.8. The van der Waals surface area contributed by atoms with E-state index in [-0.39, 0.29) is 30.0 Å². The molecule has 1 unspecified atom stereocenters. The standard InChI is InChI=1S/C31H28F7NO3/c1-17(21-13-22(30(33,34)35)15-23(14-21)31(36,37)38)42-25-12-9-20-16-39(28(40)19-5-3-2-4-6-19)29(41)27(20)26(25)18-7-10-24(32)11-8-18/h2-8,10-11,13-15,17,20,25-27,29,41H,9,12,16H2,1H3/t17-,20-,25+,26-,27-,29?/m1/s1. The van der Waals surface area contributed by atoms with Gasteiger partial charge in [0.25, 0.3) is 5.91 Å². The third kappa shape index (κ3) is 6.03. The summed E-state index contributed by atoms with van der Waals surface area (Å²) in [5, 5.41) is 11.4. The predicted molar refractivity (Wildman–Crippen MR) is 139 cm³/mol. The van der Waals surface area contributed by atoms with Crippen LogP contribution in [-0.2, 0) is 17.1 Å². The first-order valence-electron chi connectivity index (χ1n) is 13.5. The number of halogens is 7. The average Bonchev–Trinajstić information content (AvgIpc) is 3.28. The molecule has 5 rings (SSSR count). The van der Waals surface area contributed by atoms with E-state index in [2.05, 4.69) is 0 Å². The summed E-state index contributed by atoms with van der Waals surface area (Å²) in [6.45, 7) is 1.63. The number of amides is 1. The molecule has 42 heavy (non-hydrogen) atoms. The van der Waals surface area contributed by atoms with E-state index in [0.29, 0.717) is 36.1 Å². The Bertz CT molecular complexity index is 1380. The molecule has 1 heterocycles. The van der Waals surface area contributed by atoms with Crippen LogP contribution in [0.4, 0.5) is 30.7 Å². The van der Waals surface area contributed by atoms with Gasteiger partial charge in [0, 0.05) is 23.9 Å². The molecule has 224 valence electrons. The summed E-state index contributed by atoms with van der Waals surface area (Å²) in [6, 6.07) is 15.3. The molecule has 1 saturated heterocycles. The monoisotopic (exact) mass is 595 g/mol. The average molecular weight is 596 g/mol. The zero-order chi connectivity index (χ0) is 30.4. The van der Waals surface area contributed by atoms with Gasteiger partial charge in [-0.15, -0.1) is 0 Å². The molecule has 6 atom stereocenters. The quantitative estimate of drug-likeness (QED) is 0.309. The van der Waals surface area contributed by atoms with Crippen LogP contribution in [0.5, 0.6) is 0 Å². The van der Waals surface area contributed by atoms with Gasteiger partial charge < -0.3 is 14.7 Å². The van der Waals surface area contributed by atoms with Crippen LogP contribution in [0, 0.1) is 17.7 Å². The molecular formula is C31H28F7NO3. The fourth-order valence-electron chi connectivity index (χ4n) is 6.28. The van der Waals surface area contributed by atoms with E-state index in [0.717, 1.165) is 0 Å². The Hall–Kier alpha value is -3.44. The lowest BCUT2D eigenvalue weighted by Crippen LogP contribution is -2.43. The van der Waals surface area contributed by atoms with Crippen molar-refractivity contribution >= 4 is 5.91 Å². The van der Waals surface area contributed by atoms with Gasteiger partial charge in [0.2, 0.25) is 0 Å². The second-order valence-corrected chi connectivity index (χ2v) is 10.9. The summed E-state index contributed by atoms with van der Waals surface area (Å²) >= 11 is 0. The van der Waals surface area contributed by atoms with E-state index >= 15 is 0 Å². The minimum atomic E-state index is -5.01. The molecule has 1 aliphatic heterocycles. The van der Waals surface area contributed by atoms with Crippen LogP contribution in [-0.4, -0.2) is 34.8 Å². The Kier molecular flexibility index (Phi) is 8.10. The Labute approximate surface area is 237 Å². The lowest BCUT2D eigenvalue weighted by molar-refractivity contribution is -0.143. The van der Waals surface area contributed by atoms with Gasteiger partial charge in [-0.25, -0.2) is 4.39 Å². The smallest absolute Gasteiger partial charge is 0.373 e. The molecule has 0 bridgehead atoms. The second kappa shape index (κ2) is 11.3. The molecule has 2 fully saturated rings. The van der Waals surface area contributed by atoms with Crippen LogP contribution in [0.1, 0.15) is 64.4 Å². The van der Waals surface area contributed by atoms with Crippen molar-refractivity contribution in [3.05, 3.63) is 106 Å². The highest BCUT2D eigenvalue weighted by molar-refractivity contribution is 5.94. The van der Waals surface area contributed by atoms with Crippen LogP contribution in [0.3, 0.4) is 0 Å². The maximum Gasteiger partial charge on any atom is 0.416 e. The summed E-state index contributed by atoms with van der Waals surface area (Å²) in [5.74, 6) is -2.23. The molecule has 1 saturated carbocycles. The molecule has 1 aliphatic carbocycles. The van der Waals surface area contributed by atoms with Crippen LogP contribution >= 0.6 is 0 Å². The van der Waals surface area contributed by atoms with Crippen LogP contribution in [0.15, 0.2) is 72.8 Å². The minimum Gasteiger partial charge on any atom is -0.373 e. The third-order valence-corrected chi connectivity index (χ3v) is 8.27. The molecule has 3 aromatic carbocycles. The molecule has 3 aromatic rings. The first kappa shape index (κ1) is 30.0. The number of benzene rings is 3. The van der Waals surface area contributed by atoms with Crippen LogP contribution in [0.25, 0.3) is 0 Å². The molecule has 0 radical (unpaired) electrons. The zero-order valence-corrected chi connectivity index (χ0v) is 22.4. The fourth-order valence-corrected chi connectivity index (χ4v) is 6.28. The van der Waals surface area contributed by atoms with Crippen molar-refractivity contribution in [2.45, 2.75) is 56.5 Å². The maximum atomic E-state index is 13.8. The first-order valence-corrected chi connectivity index (χ1v) is 13.5. The lowest BCUT2D eigenvalue weighted by atomic mass is 9.68. The number of aliphatic hydroxyl groups excluding tert-OH is 1. The Morgan fingerprint density at radius 3 is 2.07 bits per heavy atom. The van der Waals surface area contributed by atoms with Gasteiger partial charge in [-0.05, 0) is 79.3 Å². The lowest BCUT2D eigenvalue weighted by Gasteiger charge is -2.42. The normalized spacial score (nSPS) is 25.3. The van der Waals surface area contributed by atoms with Gasteiger partial charge in [0.15, 0.2) is 0 Å². The largest absolute Gasteiger partial charge is 0.416 e. The number of likely N-dealkylation sites (tertiary alicyclic amines) is 1. The van der Waals surface area contributed by atoms with Gasteiger partial charge in [0.05, 0.1) is 23.3 Å². The Morgan fingerprint density at radius 2 is 1.50 bits per heavy atom. The van der Waals surface area contributed by atoms with Gasteiger partial charge in [-0.1, -0.05) is 30.3 Å². The predicted octanol–water partition coefficient (Wildman–Crippen LogP) is 7.59. The zero-order valence-electron chi connectivity index (χ0n) is 22.4. The van der Waals surface area contributed by atoms with Crippen molar-refractivity contribution < 1.29 is 45.4 Å². The van der Waals surface area contributed by atoms with E-state index < -0.39 is 59.6 Å². The van der Waals surface area contributed by atoms with Gasteiger partial charge in [0.1, 0.15) is 12.0 Å². The highest BCUT2D eigenvalue weighted by atomic mass is 19.4. The highest BCUT2D eigenvalue weighted by Crippen LogP contribution is 2.50. The summed E-state index contributed by atoms with van der Waals surface area (Å²) in [5.41, 5.74) is -2.22. The van der Waals surface area contributed by atoms with E-state index in [4.69, 9.17) is 4.74 Å². The first-order chi connectivity index (χ1) is 19.7. The second-order valence-electron chi connectivity index (χ2n) is 10.9. The topological polar surface area (TPSA) is 49.8 Å². The van der Waals surface area contributed by atoms with Crippen molar-refractivity contribution in [2.75, 3.05) is 6.54 Å². The van der Waals surface area contributed by atoms with Gasteiger partial charge in [-0.2, -0.15) is 26.3 Å². The van der Waals surface area contributed by atoms with Gasteiger partial charge in [-0.3, -0.25) is 4.79 Å². The van der Waals surface area contributed by atoms with E-state index in [1.807, 2.05) is 0 Å².